The molecule has 15 heavy (non-hydrogen) atoms. The minimum absolute atomic E-state index is 0.0266. The lowest BCUT2D eigenvalue weighted by atomic mass is 10.1. The fraction of sp³-hybridized carbons (Fsp3) is 0.222. The molecule has 0 spiro atoms. The highest BCUT2D eigenvalue weighted by Crippen LogP contribution is 2.19. The molecule has 0 unspecified atom stereocenters. The van der Waals surface area contributed by atoms with Crippen molar-refractivity contribution < 1.29 is 18.3 Å². The molecule has 1 aromatic rings. The van der Waals surface area contributed by atoms with E-state index in [4.69, 9.17) is 10.8 Å². The van der Waals surface area contributed by atoms with E-state index in [1.54, 1.807) is 0 Å². The second kappa shape index (κ2) is 3.90. The van der Waals surface area contributed by atoms with Gasteiger partial charge in [0.15, 0.2) is 9.84 Å². The first-order chi connectivity index (χ1) is 6.80. The third-order valence-electron chi connectivity index (χ3n) is 1.83. The maximum atomic E-state index is 11.3. The highest BCUT2D eigenvalue weighted by molar-refractivity contribution is 7.90. The van der Waals surface area contributed by atoms with Crippen molar-refractivity contribution in [1.82, 2.24) is 0 Å². The van der Waals surface area contributed by atoms with Crippen LogP contribution in [0.5, 0.6) is 0 Å². The number of sulfone groups is 1. The van der Waals surface area contributed by atoms with Crippen molar-refractivity contribution >= 4 is 21.5 Å². The van der Waals surface area contributed by atoms with E-state index in [9.17, 15) is 13.2 Å². The molecular weight excluding hydrogens is 218 g/mol. The summed E-state index contributed by atoms with van der Waals surface area (Å²) in [5.41, 5.74) is 6.02. The number of nitrogens with two attached hydrogens (primary N) is 1. The summed E-state index contributed by atoms with van der Waals surface area (Å²) >= 11 is 0. The van der Waals surface area contributed by atoms with Gasteiger partial charge in [0.25, 0.3) is 0 Å². The van der Waals surface area contributed by atoms with E-state index >= 15 is 0 Å². The highest BCUT2D eigenvalue weighted by Gasteiger charge is 2.13. The minimum atomic E-state index is -3.41. The molecule has 0 aromatic heterocycles. The Bertz CT molecular complexity index is 493. The zero-order chi connectivity index (χ0) is 11.6. The van der Waals surface area contributed by atoms with Crippen molar-refractivity contribution in [2.75, 3.05) is 12.0 Å². The molecule has 5 nitrogen and oxygen atoms in total. The van der Waals surface area contributed by atoms with Gasteiger partial charge in [0, 0.05) is 6.26 Å². The van der Waals surface area contributed by atoms with Crippen molar-refractivity contribution in [3.8, 4) is 0 Å². The Morgan fingerprint density at radius 2 is 2.07 bits per heavy atom. The maximum absolute atomic E-state index is 11.3. The maximum Gasteiger partial charge on any atom is 0.307 e. The van der Waals surface area contributed by atoms with E-state index in [2.05, 4.69) is 0 Å². The molecule has 0 radical (unpaired) electrons. The number of carboxylic acid groups (broad SMARTS) is 1. The van der Waals surface area contributed by atoms with Crippen LogP contribution in [-0.2, 0) is 21.1 Å². The van der Waals surface area contributed by atoms with E-state index in [-0.39, 0.29) is 17.0 Å². The number of anilines is 1. The molecule has 0 atom stereocenters. The number of benzene rings is 1. The monoisotopic (exact) mass is 229 g/mol. The van der Waals surface area contributed by atoms with Crippen molar-refractivity contribution in [1.29, 1.82) is 0 Å². The van der Waals surface area contributed by atoms with Gasteiger partial charge in [0.2, 0.25) is 0 Å². The molecule has 3 N–H and O–H groups in total. The highest BCUT2D eigenvalue weighted by atomic mass is 32.2. The largest absolute Gasteiger partial charge is 0.481 e. The number of nitrogen functional groups attached to an aromatic ring is 1. The summed E-state index contributed by atoms with van der Waals surface area (Å²) in [5, 5.41) is 8.55. The molecule has 82 valence electrons. The van der Waals surface area contributed by atoms with Gasteiger partial charge in [-0.2, -0.15) is 0 Å². The molecule has 0 saturated carbocycles. The Labute approximate surface area is 87.4 Å². The fourth-order valence-corrected chi connectivity index (χ4v) is 2.05. The molecular formula is C9H11NO4S. The van der Waals surface area contributed by atoms with E-state index in [0.29, 0.717) is 5.56 Å². The number of carboxylic acids is 1. The summed E-state index contributed by atoms with van der Waals surface area (Å²) in [6, 6.07) is 4.19. The molecule has 0 saturated heterocycles. The van der Waals surface area contributed by atoms with Gasteiger partial charge in [-0.3, -0.25) is 4.79 Å². The summed E-state index contributed by atoms with van der Waals surface area (Å²) in [6.45, 7) is 0. The third kappa shape index (κ3) is 2.95. The first kappa shape index (κ1) is 11.5. The van der Waals surface area contributed by atoms with E-state index in [1.165, 1.54) is 18.2 Å². The number of hydrogen-bond acceptors (Lipinski definition) is 4. The Morgan fingerprint density at radius 3 is 2.53 bits per heavy atom. The first-order valence-corrected chi connectivity index (χ1v) is 6.00. The van der Waals surface area contributed by atoms with Gasteiger partial charge in [-0.05, 0) is 17.7 Å². The van der Waals surface area contributed by atoms with Gasteiger partial charge in [-0.15, -0.1) is 0 Å². The minimum Gasteiger partial charge on any atom is -0.481 e. The van der Waals surface area contributed by atoms with Crippen LogP contribution in [0.4, 0.5) is 5.69 Å². The third-order valence-corrected chi connectivity index (χ3v) is 2.99. The average molecular weight is 229 g/mol. The van der Waals surface area contributed by atoms with Crippen molar-refractivity contribution in [3.05, 3.63) is 23.8 Å². The van der Waals surface area contributed by atoms with Crippen LogP contribution in [0.2, 0.25) is 0 Å². The summed E-state index contributed by atoms with van der Waals surface area (Å²) in [5.74, 6) is -1.01. The predicted molar refractivity (Wildman–Crippen MR) is 55.3 cm³/mol. The molecule has 0 aliphatic heterocycles. The van der Waals surface area contributed by atoms with Gasteiger partial charge >= 0.3 is 5.97 Å². The Balaban J connectivity index is 3.23. The summed E-state index contributed by atoms with van der Waals surface area (Å²) in [6.07, 6.45) is 0.812. The number of carbonyl (C=O) groups is 1. The van der Waals surface area contributed by atoms with Gasteiger partial charge in [-0.1, -0.05) is 6.07 Å². The Morgan fingerprint density at radius 1 is 1.47 bits per heavy atom. The molecule has 0 heterocycles. The van der Waals surface area contributed by atoms with Crippen LogP contribution in [0.15, 0.2) is 23.1 Å². The molecule has 0 fully saturated rings. The van der Waals surface area contributed by atoms with Crippen LogP contribution in [-0.4, -0.2) is 25.7 Å². The standard InChI is InChI=1S/C9H11NO4S/c1-15(13,14)8-4-6(5-9(11)12)2-3-7(8)10/h2-4H,5,10H2,1H3,(H,11,12). The predicted octanol–water partition coefficient (Wildman–Crippen LogP) is 0.299. The molecule has 1 aromatic carbocycles. The molecule has 0 aliphatic rings. The van der Waals surface area contributed by atoms with Crippen LogP contribution >= 0.6 is 0 Å². The second-order valence-corrected chi connectivity index (χ2v) is 5.20. The molecule has 0 aliphatic carbocycles. The lowest BCUT2D eigenvalue weighted by Crippen LogP contribution is -2.05. The van der Waals surface area contributed by atoms with Crippen molar-refractivity contribution in [3.63, 3.8) is 0 Å². The number of aliphatic carboxylic acids is 1. The van der Waals surface area contributed by atoms with E-state index in [1.807, 2.05) is 0 Å². The van der Waals surface area contributed by atoms with E-state index in [0.717, 1.165) is 6.26 Å². The van der Waals surface area contributed by atoms with Gasteiger partial charge < -0.3 is 10.8 Å². The van der Waals surface area contributed by atoms with Crippen LogP contribution in [0.3, 0.4) is 0 Å². The topological polar surface area (TPSA) is 97.5 Å². The summed E-state index contributed by atoms with van der Waals surface area (Å²) < 4.78 is 22.5. The molecule has 1 rings (SSSR count). The first-order valence-electron chi connectivity index (χ1n) is 4.11. The SMILES string of the molecule is CS(=O)(=O)c1cc(CC(=O)O)ccc1N. The fourth-order valence-electron chi connectivity index (χ4n) is 1.18. The zero-order valence-electron chi connectivity index (χ0n) is 8.10. The number of rotatable bonds is 3. The zero-order valence-corrected chi connectivity index (χ0v) is 8.91. The second-order valence-electron chi connectivity index (χ2n) is 3.21. The van der Waals surface area contributed by atoms with Crippen LogP contribution < -0.4 is 5.73 Å². The Hall–Kier alpha value is -1.56. The van der Waals surface area contributed by atoms with Crippen LogP contribution in [0.1, 0.15) is 5.56 Å². The lowest BCUT2D eigenvalue weighted by Gasteiger charge is -2.05. The Kier molecular flexibility index (Phi) is 2.99. The summed E-state index contributed by atoms with van der Waals surface area (Å²) in [4.78, 5) is 10.4. The smallest absolute Gasteiger partial charge is 0.307 e. The normalized spacial score (nSPS) is 11.3. The van der Waals surface area contributed by atoms with Gasteiger partial charge in [0.05, 0.1) is 17.0 Å². The number of hydrogen-bond donors (Lipinski definition) is 2. The van der Waals surface area contributed by atoms with E-state index < -0.39 is 15.8 Å². The molecule has 0 bridgehead atoms. The van der Waals surface area contributed by atoms with Crippen molar-refractivity contribution in [2.24, 2.45) is 0 Å². The van der Waals surface area contributed by atoms with Gasteiger partial charge in [-0.25, -0.2) is 8.42 Å². The van der Waals surface area contributed by atoms with Gasteiger partial charge in [0.1, 0.15) is 0 Å². The molecule has 6 heteroatoms. The lowest BCUT2D eigenvalue weighted by molar-refractivity contribution is -0.136. The van der Waals surface area contributed by atoms with Crippen molar-refractivity contribution in [2.45, 2.75) is 11.3 Å². The average Bonchev–Trinajstić information content (AvgIpc) is 2.05. The molecule has 0 amide bonds. The van der Waals surface area contributed by atoms with Crippen LogP contribution in [0, 0.1) is 0 Å². The quantitative estimate of drug-likeness (QED) is 0.726. The van der Waals surface area contributed by atoms with Crippen LogP contribution in [0.25, 0.3) is 0 Å². The summed E-state index contributed by atoms with van der Waals surface area (Å²) in [7, 11) is -3.41.